The van der Waals surface area contributed by atoms with E-state index in [1.54, 1.807) is 42.5 Å². The predicted molar refractivity (Wildman–Crippen MR) is 157 cm³/mol. The molecule has 1 saturated heterocycles. The highest BCUT2D eigenvalue weighted by molar-refractivity contribution is 6.46. The monoisotopic (exact) mass is 555 g/mol. The Kier molecular flexibility index (Phi) is 13.0. The molecule has 0 bridgehead atoms. The van der Waals surface area contributed by atoms with Crippen LogP contribution in [0.25, 0.3) is 5.76 Å². The van der Waals surface area contributed by atoms with Crippen LogP contribution in [-0.4, -0.2) is 28.2 Å². The molecule has 0 radical (unpaired) electrons. The van der Waals surface area contributed by atoms with Crippen molar-refractivity contribution in [1.82, 2.24) is 4.90 Å². The van der Waals surface area contributed by atoms with Crippen molar-refractivity contribution in [3.8, 4) is 0 Å². The maximum absolute atomic E-state index is 14.9. The Morgan fingerprint density at radius 3 is 1.85 bits per heavy atom. The first kappa shape index (κ1) is 30.9. The van der Waals surface area contributed by atoms with Gasteiger partial charge in [0.1, 0.15) is 11.6 Å². The Bertz CT molecular complexity index is 1100. The molecule has 1 aliphatic heterocycles. The van der Waals surface area contributed by atoms with Gasteiger partial charge in [0.2, 0.25) is 0 Å². The molecule has 2 aromatic carbocycles. The van der Waals surface area contributed by atoms with E-state index < -0.39 is 23.5 Å². The number of ketones is 1. The predicted octanol–water partition coefficient (Wildman–Crippen LogP) is 9.38. The molecule has 2 aromatic rings. The van der Waals surface area contributed by atoms with Crippen LogP contribution in [0.2, 0.25) is 5.02 Å². The van der Waals surface area contributed by atoms with Gasteiger partial charge in [-0.15, -0.1) is 0 Å². The van der Waals surface area contributed by atoms with Gasteiger partial charge in [-0.25, -0.2) is 4.39 Å². The van der Waals surface area contributed by atoms with Crippen LogP contribution in [0.3, 0.4) is 0 Å². The summed E-state index contributed by atoms with van der Waals surface area (Å²) in [5.74, 6) is -2.33. The second-order valence-electron chi connectivity index (χ2n) is 10.6. The average molecular weight is 556 g/mol. The van der Waals surface area contributed by atoms with Gasteiger partial charge in [-0.1, -0.05) is 120 Å². The topological polar surface area (TPSA) is 57.6 Å². The molecule has 1 aliphatic rings. The largest absolute Gasteiger partial charge is 0.507 e. The molecule has 1 fully saturated rings. The molecule has 0 spiro atoms. The fraction of sp³-hybridized carbons (Fsp3) is 0.515. The fourth-order valence-electron chi connectivity index (χ4n) is 5.37. The first-order valence-corrected chi connectivity index (χ1v) is 15.1. The number of unbranched alkanes of at least 4 members (excludes halogenated alkanes) is 13. The summed E-state index contributed by atoms with van der Waals surface area (Å²) < 4.78 is 14.9. The standard InChI is InChI=1S/C33H43ClFNO3/c1-2-3-4-5-6-7-8-9-10-11-12-13-14-17-24-36-30(27-18-15-16-19-28(27)35)29(32(38)33(36)39)31(37)25-20-22-26(34)23-21-25/h15-16,18-23,30,37H,2-14,17,24H2,1H3/b31-29+/t30-/m0/s1. The number of likely N-dealkylation sites (tertiary alicyclic amines) is 1. The number of Topliss-reactive ketones (excluding diaryl/α,β-unsaturated/α-hetero) is 1. The van der Waals surface area contributed by atoms with E-state index in [1.165, 1.54) is 75.2 Å². The second kappa shape index (κ2) is 16.4. The first-order chi connectivity index (χ1) is 19.0. The van der Waals surface area contributed by atoms with Gasteiger partial charge in [0.15, 0.2) is 0 Å². The number of aliphatic hydroxyl groups is 1. The van der Waals surface area contributed by atoms with E-state index in [4.69, 9.17) is 11.6 Å². The fourth-order valence-corrected chi connectivity index (χ4v) is 5.50. The molecule has 1 N–H and O–H groups in total. The maximum Gasteiger partial charge on any atom is 0.295 e. The van der Waals surface area contributed by atoms with Crippen molar-refractivity contribution in [2.45, 2.75) is 103 Å². The summed E-state index contributed by atoms with van der Waals surface area (Å²) >= 11 is 5.97. The lowest BCUT2D eigenvalue weighted by atomic mass is 9.95. The minimum atomic E-state index is -0.969. The van der Waals surface area contributed by atoms with Gasteiger partial charge in [-0.3, -0.25) is 9.59 Å². The zero-order valence-corrected chi connectivity index (χ0v) is 24.0. The van der Waals surface area contributed by atoms with E-state index in [1.807, 2.05) is 0 Å². The summed E-state index contributed by atoms with van der Waals surface area (Å²) in [5.41, 5.74) is 0.477. The highest BCUT2D eigenvalue weighted by Crippen LogP contribution is 2.40. The quantitative estimate of drug-likeness (QED) is 0.0915. The smallest absolute Gasteiger partial charge is 0.295 e. The molecule has 0 unspecified atom stereocenters. The Morgan fingerprint density at radius 2 is 1.31 bits per heavy atom. The van der Waals surface area contributed by atoms with Gasteiger partial charge in [0.25, 0.3) is 11.7 Å². The highest BCUT2D eigenvalue weighted by atomic mass is 35.5. The zero-order chi connectivity index (χ0) is 28.0. The summed E-state index contributed by atoms with van der Waals surface area (Å²) in [6, 6.07) is 11.5. The van der Waals surface area contributed by atoms with Crippen molar-refractivity contribution in [3.05, 3.63) is 76.1 Å². The number of benzene rings is 2. The molecule has 3 rings (SSSR count). The Balaban J connectivity index is 1.54. The molecule has 212 valence electrons. The number of hydrogen-bond donors (Lipinski definition) is 1. The SMILES string of the molecule is CCCCCCCCCCCCCCCCN1C(=O)C(=O)/C(=C(/O)c2ccc(Cl)cc2)[C@@H]1c1ccccc1F. The lowest BCUT2D eigenvalue weighted by Gasteiger charge is -2.25. The molecule has 4 nitrogen and oxygen atoms in total. The molecule has 0 aliphatic carbocycles. The number of carbonyl (C=O) groups is 2. The number of nitrogens with zero attached hydrogens (tertiary/aromatic N) is 1. The van der Waals surface area contributed by atoms with Crippen molar-refractivity contribution < 1.29 is 19.1 Å². The number of hydrogen-bond acceptors (Lipinski definition) is 3. The number of aliphatic hydroxyl groups excluding tert-OH is 1. The van der Waals surface area contributed by atoms with Crippen molar-refractivity contribution in [1.29, 1.82) is 0 Å². The third kappa shape index (κ3) is 8.93. The van der Waals surface area contributed by atoms with Crippen LogP contribution in [0.4, 0.5) is 4.39 Å². The van der Waals surface area contributed by atoms with Crippen LogP contribution >= 0.6 is 11.6 Å². The number of halogens is 2. The maximum atomic E-state index is 14.9. The van der Waals surface area contributed by atoms with Gasteiger partial charge in [0, 0.05) is 22.7 Å². The molecule has 1 amide bonds. The van der Waals surface area contributed by atoms with Crippen LogP contribution in [0.1, 0.15) is 114 Å². The average Bonchev–Trinajstić information content (AvgIpc) is 3.18. The van der Waals surface area contributed by atoms with Gasteiger partial charge in [-0.05, 0) is 36.8 Å². The summed E-state index contributed by atoms with van der Waals surface area (Å²) in [7, 11) is 0. The van der Waals surface area contributed by atoms with E-state index in [0.717, 1.165) is 25.7 Å². The molecule has 0 saturated carbocycles. The Morgan fingerprint density at radius 1 is 0.795 bits per heavy atom. The molecule has 39 heavy (non-hydrogen) atoms. The molecular formula is C33H43ClFNO3. The minimum absolute atomic E-state index is 0.0854. The zero-order valence-electron chi connectivity index (χ0n) is 23.3. The van der Waals surface area contributed by atoms with Crippen LogP contribution in [0.5, 0.6) is 0 Å². The third-order valence-electron chi connectivity index (χ3n) is 7.61. The molecular weight excluding hydrogens is 513 g/mol. The van der Waals surface area contributed by atoms with Gasteiger partial charge >= 0.3 is 0 Å². The second-order valence-corrected chi connectivity index (χ2v) is 11.1. The van der Waals surface area contributed by atoms with E-state index in [2.05, 4.69) is 6.92 Å². The highest BCUT2D eigenvalue weighted by Gasteiger charge is 2.46. The normalized spacial score (nSPS) is 16.8. The molecule has 0 aromatic heterocycles. The van der Waals surface area contributed by atoms with E-state index in [9.17, 15) is 19.1 Å². The van der Waals surface area contributed by atoms with Crippen LogP contribution in [0, 0.1) is 5.82 Å². The van der Waals surface area contributed by atoms with Gasteiger partial charge < -0.3 is 10.0 Å². The number of rotatable bonds is 17. The summed E-state index contributed by atoms with van der Waals surface area (Å²) in [5, 5.41) is 11.5. The Labute approximate surface area is 238 Å². The van der Waals surface area contributed by atoms with Crippen LogP contribution in [-0.2, 0) is 9.59 Å². The lowest BCUT2D eigenvalue weighted by Crippen LogP contribution is -2.31. The van der Waals surface area contributed by atoms with E-state index in [-0.39, 0.29) is 16.9 Å². The lowest BCUT2D eigenvalue weighted by molar-refractivity contribution is -0.140. The van der Waals surface area contributed by atoms with Crippen molar-refractivity contribution in [2.75, 3.05) is 6.54 Å². The van der Waals surface area contributed by atoms with Crippen molar-refractivity contribution in [3.63, 3.8) is 0 Å². The van der Waals surface area contributed by atoms with Crippen molar-refractivity contribution >= 4 is 29.1 Å². The van der Waals surface area contributed by atoms with Gasteiger partial charge in [0.05, 0.1) is 11.6 Å². The van der Waals surface area contributed by atoms with Gasteiger partial charge in [-0.2, -0.15) is 0 Å². The summed E-state index contributed by atoms with van der Waals surface area (Å²) in [6.07, 6.45) is 17.1. The Hall–Kier alpha value is -2.66. The molecule has 1 heterocycles. The number of amides is 1. The van der Waals surface area contributed by atoms with Crippen LogP contribution in [0.15, 0.2) is 54.1 Å². The van der Waals surface area contributed by atoms with Crippen molar-refractivity contribution in [2.24, 2.45) is 0 Å². The number of carbonyl (C=O) groups excluding carboxylic acids is 2. The van der Waals surface area contributed by atoms with Crippen LogP contribution < -0.4 is 0 Å². The summed E-state index contributed by atoms with van der Waals surface area (Å²) in [6.45, 7) is 2.58. The first-order valence-electron chi connectivity index (χ1n) is 14.7. The molecule has 6 heteroatoms. The minimum Gasteiger partial charge on any atom is -0.507 e. The molecule has 1 atom stereocenters. The van der Waals surface area contributed by atoms with E-state index in [0.29, 0.717) is 17.1 Å². The van der Waals surface area contributed by atoms with E-state index >= 15 is 0 Å². The third-order valence-corrected chi connectivity index (χ3v) is 7.86. The summed E-state index contributed by atoms with van der Waals surface area (Å²) in [4.78, 5) is 27.6.